The molecule has 2 fully saturated rings. The lowest BCUT2D eigenvalue weighted by molar-refractivity contribution is -0.0797. The smallest absolute Gasteiger partial charge is 0.349 e. The predicted octanol–water partition coefficient (Wildman–Crippen LogP) is 6.84. The lowest BCUT2D eigenvalue weighted by Crippen LogP contribution is -2.66. The number of rotatable bonds is 6. The molecule has 8 nitrogen and oxygen atoms in total. The highest BCUT2D eigenvalue weighted by Gasteiger charge is 2.66. The molecule has 0 bridgehead atoms. The molecule has 40 heavy (non-hydrogen) atoms. The number of aliphatic hydroxyl groups excluding tert-OH is 1. The highest BCUT2D eigenvalue weighted by Crippen LogP contribution is 2.57. The Morgan fingerprint density at radius 1 is 1.15 bits per heavy atom. The van der Waals surface area contributed by atoms with Crippen LogP contribution < -0.4 is 0 Å². The number of carbonyl (C=O) groups excluding carboxylic acids is 1. The summed E-state index contributed by atoms with van der Waals surface area (Å²) in [5.74, 6) is 0.661. The quantitative estimate of drug-likeness (QED) is 0.364. The van der Waals surface area contributed by atoms with Crippen molar-refractivity contribution in [3.05, 3.63) is 17.3 Å². The van der Waals surface area contributed by atoms with Crippen LogP contribution in [0.2, 0.25) is 28.2 Å². The van der Waals surface area contributed by atoms with Crippen molar-refractivity contribution < 1.29 is 27.9 Å². The van der Waals surface area contributed by atoms with E-state index in [1.807, 2.05) is 10.8 Å². The number of aromatic nitrogens is 1. The maximum Gasteiger partial charge on any atom is 0.349 e. The zero-order chi connectivity index (χ0) is 30.1. The third-order valence-electron chi connectivity index (χ3n) is 9.21. The van der Waals surface area contributed by atoms with Crippen molar-refractivity contribution in [1.29, 1.82) is 0 Å². The minimum Gasteiger partial charge on any atom is -0.407 e. The van der Waals surface area contributed by atoms with Crippen molar-refractivity contribution in [2.75, 3.05) is 6.61 Å². The Balaban J connectivity index is 1.83. The highest BCUT2D eigenvalue weighted by atomic mass is 28.4. The molecule has 4 heterocycles. The van der Waals surface area contributed by atoms with Crippen LogP contribution in [0.3, 0.4) is 0 Å². The van der Waals surface area contributed by atoms with Crippen LogP contribution in [0.4, 0.5) is 5.82 Å². The van der Waals surface area contributed by atoms with Crippen LogP contribution >= 0.6 is 0 Å². The SMILES string of the molecule is C[C@@H](O)CCc1cn([C@@H]2O[C@@H]3CO[Si](C(C)(C)C)(C(C)(C)C)O[C@H]3[C@H]2O[Si](C)(C)C(C)(C)C)c2c1C(=O)CC=N2. The van der Waals surface area contributed by atoms with Gasteiger partial charge in [0.05, 0.1) is 18.3 Å². The highest BCUT2D eigenvalue weighted by molar-refractivity contribution is 6.74. The van der Waals surface area contributed by atoms with Gasteiger partial charge in [0, 0.05) is 28.9 Å². The average molecular weight is 593 g/mol. The number of hydrogen-bond donors (Lipinski definition) is 1. The van der Waals surface area contributed by atoms with Crippen molar-refractivity contribution in [2.24, 2.45) is 4.99 Å². The number of aryl methyl sites for hydroxylation is 1. The summed E-state index contributed by atoms with van der Waals surface area (Å²) >= 11 is 0. The third-order valence-corrected chi connectivity index (χ3v) is 18.8. The van der Waals surface area contributed by atoms with E-state index in [2.05, 4.69) is 75.4 Å². The number of nitrogens with zero attached hydrogens (tertiary/aromatic N) is 2. The molecule has 3 aliphatic heterocycles. The molecule has 10 heteroatoms. The Bertz CT molecular complexity index is 1120. The number of ether oxygens (including phenoxy) is 1. The van der Waals surface area contributed by atoms with Gasteiger partial charge in [-0.25, -0.2) is 4.99 Å². The van der Waals surface area contributed by atoms with Crippen LogP contribution in [0.25, 0.3) is 0 Å². The van der Waals surface area contributed by atoms with Crippen LogP contribution in [0.15, 0.2) is 11.2 Å². The lowest BCUT2D eigenvalue weighted by atomic mass is 10.0. The van der Waals surface area contributed by atoms with Gasteiger partial charge in [-0.1, -0.05) is 62.3 Å². The molecular weight excluding hydrogens is 541 g/mol. The van der Waals surface area contributed by atoms with E-state index in [1.165, 1.54) is 0 Å². The number of ketones is 1. The van der Waals surface area contributed by atoms with Gasteiger partial charge in [-0.15, -0.1) is 0 Å². The molecular formula is C30H52N2O6Si2. The van der Waals surface area contributed by atoms with Gasteiger partial charge >= 0.3 is 8.56 Å². The number of carbonyl (C=O) groups is 1. The molecule has 1 N–H and O–H groups in total. The summed E-state index contributed by atoms with van der Waals surface area (Å²) in [6, 6.07) is 0. The molecule has 0 aliphatic carbocycles. The fraction of sp³-hybridized carbons (Fsp3) is 0.800. The van der Waals surface area contributed by atoms with E-state index in [9.17, 15) is 9.90 Å². The largest absolute Gasteiger partial charge is 0.407 e. The van der Waals surface area contributed by atoms with Crippen LogP contribution in [0, 0.1) is 0 Å². The summed E-state index contributed by atoms with van der Waals surface area (Å²) in [5.41, 5.74) is 1.53. The van der Waals surface area contributed by atoms with Crippen molar-refractivity contribution in [3.63, 3.8) is 0 Å². The van der Waals surface area contributed by atoms with Gasteiger partial charge in [0.2, 0.25) is 0 Å². The topological polar surface area (TPSA) is 91.5 Å². The van der Waals surface area contributed by atoms with Crippen molar-refractivity contribution >= 4 is 34.7 Å². The molecule has 1 aromatic heterocycles. The normalized spacial score (nSPS) is 28.0. The first kappa shape index (κ1) is 31.8. The zero-order valence-electron chi connectivity index (χ0n) is 26.8. The van der Waals surface area contributed by atoms with Gasteiger partial charge in [0.25, 0.3) is 0 Å². The average Bonchev–Trinajstić information content (AvgIpc) is 3.33. The minimum absolute atomic E-state index is 0.0178. The zero-order valence-corrected chi connectivity index (χ0v) is 28.8. The summed E-state index contributed by atoms with van der Waals surface area (Å²) in [5, 5.41) is 9.62. The van der Waals surface area contributed by atoms with Crippen molar-refractivity contribution in [3.8, 4) is 0 Å². The Kier molecular flexibility index (Phi) is 8.37. The summed E-state index contributed by atoms with van der Waals surface area (Å²) < 4.78 is 30.0. The van der Waals surface area contributed by atoms with Crippen LogP contribution in [-0.2, 0) is 24.4 Å². The third kappa shape index (κ3) is 5.49. The molecule has 226 valence electrons. The second-order valence-corrected chi connectivity index (χ2v) is 25.0. The maximum atomic E-state index is 13.1. The van der Waals surface area contributed by atoms with Gasteiger partial charge in [0.15, 0.2) is 20.3 Å². The van der Waals surface area contributed by atoms with Crippen LogP contribution in [-0.4, -0.2) is 69.6 Å². The number of Topliss-reactive ketones (excluding diaryl/α,β-unsaturated/α-hetero) is 1. The minimum atomic E-state index is -2.79. The van der Waals surface area contributed by atoms with Crippen LogP contribution in [0.5, 0.6) is 0 Å². The Morgan fingerprint density at radius 3 is 2.33 bits per heavy atom. The van der Waals surface area contributed by atoms with E-state index in [-0.39, 0.29) is 45.6 Å². The molecule has 0 amide bonds. The maximum absolute atomic E-state index is 13.1. The summed E-state index contributed by atoms with van der Waals surface area (Å²) in [6.45, 7) is 26.8. The number of fused-ring (bicyclic) bond motifs is 2. The Hall–Kier alpha value is -1.15. The summed E-state index contributed by atoms with van der Waals surface area (Å²) in [4.78, 5) is 17.8. The monoisotopic (exact) mass is 592 g/mol. The Morgan fingerprint density at radius 2 is 1.77 bits per heavy atom. The van der Waals surface area contributed by atoms with Crippen LogP contribution in [0.1, 0.15) is 104 Å². The molecule has 0 radical (unpaired) electrons. The van der Waals surface area contributed by atoms with E-state index >= 15 is 0 Å². The van der Waals surface area contributed by atoms with E-state index in [1.54, 1.807) is 13.1 Å². The first-order chi connectivity index (χ1) is 18.2. The summed E-state index contributed by atoms with van der Waals surface area (Å²) in [7, 11) is -5.06. The second-order valence-electron chi connectivity index (χ2n) is 15.5. The van der Waals surface area contributed by atoms with Gasteiger partial charge in [-0.2, -0.15) is 0 Å². The standard InChI is InChI=1S/C30H52N2O6Si2/c1-19(33)13-14-20-17-32(26-23(20)21(34)15-16-31-26)27-25(37-39(11,12)28(2,3)4)24-22(36-27)18-35-40(38-24,29(5,6)7)30(8,9)10/h16-17,19,22,24-25,27,33H,13-15,18H2,1-12H3/t19-,22-,24-,25-,27-/m1/s1. The molecule has 4 rings (SSSR count). The van der Waals surface area contributed by atoms with Gasteiger partial charge in [-0.3, -0.25) is 4.79 Å². The summed E-state index contributed by atoms with van der Waals surface area (Å²) in [6.07, 6.45) is 3.14. The fourth-order valence-electron chi connectivity index (χ4n) is 6.25. The van der Waals surface area contributed by atoms with E-state index in [0.717, 1.165) is 5.56 Å². The molecule has 2 saturated heterocycles. The Labute approximate surface area is 243 Å². The number of aliphatic imine (C=N–C) groups is 1. The van der Waals surface area contributed by atoms with Gasteiger partial charge in [0.1, 0.15) is 24.1 Å². The first-order valence-corrected chi connectivity index (χ1v) is 19.6. The van der Waals surface area contributed by atoms with Crippen molar-refractivity contribution in [1.82, 2.24) is 4.57 Å². The number of aliphatic hydroxyl groups is 1. The molecule has 1 aromatic rings. The number of hydrogen-bond acceptors (Lipinski definition) is 7. The first-order valence-electron chi connectivity index (χ1n) is 14.8. The van der Waals surface area contributed by atoms with Gasteiger partial charge < -0.3 is 27.7 Å². The van der Waals surface area contributed by atoms with E-state index < -0.39 is 29.2 Å². The van der Waals surface area contributed by atoms with E-state index in [4.69, 9.17) is 23.0 Å². The van der Waals surface area contributed by atoms with E-state index in [0.29, 0.717) is 30.8 Å². The molecule has 3 aliphatic rings. The van der Waals surface area contributed by atoms with Crippen molar-refractivity contribution in [2.45, 2.75) is 147 Å². The fourth-order valence-corrected chi connectivity index (χ4v) is 12.5. The molecule has 5 atom stereocenters. The second kappa shape index (κ2) is 10.5. The molecule has 0 saturated carbocycles. The molecule has 0 spiro atoms. The molecule has 0 aromatic carbocycles. The predicted molar refractivity (Wildman–Crippen MR) is 164 cm³/mol. The lowest BCUT2D eigenvalue weighted by Gasteiger charge is -2.54. The molecule has 0 unspecified atom stereocenters. The van der Waals surface area contributed by atoms with Gasteiger partial charge in [-0.05, 0) is 43.5 Å².